The molecule has 1 aliphatic rings. The lowest BCUT2D eigenvalue weighted by Crippen LogP contribution is -2.31. The van der Waals surface area contributed by atoms with E-state index >= 15 is 0 Å². The molecule has 0 atom stereocenters. The standard InChI is InChI=1S/C29H31ClFN5O2.ClH/c1-29(2,3)28(38)22-15-32-25-6-5-17(18-12-23(30)27(37)24(31)13-18)11-21(25)26(22)34-19-14-33-36(16-19)20-7-9-35(4)10-8-20;/h5-6,11-16,20,37H,7-10H2,1-4H3,(H,32,34);1H. The number of rotatable bonds is 5. The average Bonchev–Trinajstić information content (AvgIpc) is 3.35. The van der Waals surface area contributed by atoms with Gasteiger partial charge in [-0.05, 0) is 68.4 Å². The minimum absolute atomic E-state index is 0. The molecule has 5 rings (SSSR count). The number of nitrogens with zero attached hydrogens (tertiary/aromatic N) is 4. The number of benzene rings is 2. The van der Waals surface area contributed by atoms with Gasteiger partial charge in [-0.3, -0.25) is 14.5 Å². The second-order valence-corrected chi connectivity index (χ2v) is 11.4. The number of halogens is 3. The molecule has 0 radical (unpaired) electrons. The van der Waals surface area contributed by atoms with Crippen LogP contribution < -0.4 is 5.32 Å². The van der Waals surface area contributed by atoms with Gasteiger partial charge in [-0.15, -0.1) is 12.4 Å². The molecule has 7 nitrogen and oxygen atoms in total. The van der Waals surface area contributed by atoms with Gasteiger partial charge in [0.1, 0.15) is 0 Å². The van der Waals surface area contributed by atoms with Crippen LogP contribution in [0.25, 0.3) is 22.0 Å². The molecule has 1 fully saturated rings. The molecule has 3 heterocycles. The topological polar surface area (TPSA) is 83.3 Å². The summed E-state index contributed by atoms with van der Waals surface area (Å²) in [6.07, 6.45) is 7.41. The summed E-state index contributed by atoms with van der Waals surface area (Å²) in [5.41, 5.74) is 3.06. The number of fused-ring (bicyclic) bond motifs is 1. The Labute approximate surface area is 238 Å². The SMILES string of the molecule is CN1CCC(n2cc(Nc3c(C(=O)C(C)(C)C)cnc4ccc(-c5cc(F)c(O)c(Cl)c5)cc34)cn2)CC1.Cl. The van der Waals surface area contributed by atoms with Crippen LogP contribution in [0.3, 0.4) is 0 Å². The van der Waals surface area contributed by atoms with E-state index in [4.69, 9.17) is 11.6 Å². The summed E-state index contributed by atoms with van der Waals surface area (Å²) < 4.78 is 16.3. The minimum atomic E-state index is -0.804. The quantitative estimate of drug-likeness (QED) is 0.245. The van der Waals surface area contributed by atoms with Crippen molar-refractivity contribution in [1.29, 1.82) is 0 Å². The zero-order valence-electron chi connectivity index (χ0n) is 22.3. The Balaban J connectivity index is 0.00000353. The van der Waals surface area contributed by atoms with Gasteiger partial charge in [-0.1, -0.05) is 38.4 Å². The summed E-state index contributed by atoms with van der Waals surface area (Å²) >= 11 is 6.05. The average molecular weight is 573 g/mol. The van der Waals surface area contributed by atoms with Crippen LogP contribution in [0.4, 0.5) is 15.8 Å². The van der Waals surface area contributed by atoms with E-state index in [2.05, 4.69) is 27.3 Å². The number of anilines is 2. The van der Waals surface area contributed by atoms with Gasteiger partial charge in [-0.25, -0.2) is 4.39 Å². The van der Waals surface area contributed by atoms with Crippen LogP contribution in [0.2, 0.25) is 5.02 Å². The summed E-state index contributed by atoms with van der Waals surface area (Å²) in [5, 5.41) is 18.5. The number of phenolic OH excluding ortho intramolecular Hbond substituents is 1. The third kappa shape index (κ3) is 5.88. The number of aromatic nitrogens is 3. The van der Waals surface area contributed by atoms with Crippen molar-refractivity contribution >= 4 is 52.1 Å². The maximum Gasteiger partial charge on any atom is 0.171 e. The summed E-state index contributed by atoms with van der Waals surface area (Å²) in [7, 11) is 2.13. The Morgan fingerprint density at radius 3 is 2.51 bits per heavy atom. The molecule has 0 saturated carbocycles. The van der Waals surface area contributed by atoms with E-state index in [0.717, 1.165) is 31.6 Å². The van der Waals surface area contributed by atoms with Crippen molar-refractivity contribution in [1.82, 2.24) is 19.7 Å². The van der Waals surface area contributed by atoms with Gasteiger partial charge in [-0.2, -0.15) is 5.10 Å². The molecular weight excluding hydrogens is 540 g/mol. The fourth-order valence-corrected chi connectivity index (χ4v) is 5.03. The maximum absolute atomic E-state index is 14.3. The van der Waals surface area contributed by atoms with Gasteiger partial charge >= 0.3 is 0 Å². The molecule has 206 valence electrons. The molecule has 0 aliphatic carbocycles. The second-order valence-electron chi connectivity index (χ2n) is 11.0. The Morgan fingerprint density at radius 2 is 1.85 bits per heavy atom. The van der Waals surface area contributed by atoms with Gasteiger partial charge < -0.3 is 15.3 Å². The summed E-state index contributed by atoms with van der Waals surface area (Å²) in [4.78, 5) is 20.4. The number of hydrogen-bond acceptors (Lipinski definition) is 6. The molecule has 2 N–H and O–H groups in total. The minimum Gasteiger partial charge on any atom is -0.504 e. The van der Waals surface area contributed by atoms with E-state index in [1.807, 2.05) is 49.8 Å². The van der Waals surface area contributed by atoms with Crippen LogP contribution in [0, 0.1) is 11.2 Å². The van der Waals surface area contributed by atoms with E-state index in [0.29, 0.717) is 39.3 Å². The number of carbonyl (C=O) groups is 1. The third-order valence-corrected chi connectivity index (χ3v) is 7.37. The third-order valence-electron chi connectivity index (χ3n) is 7.08. The number of Topliss-reactive ketones (excluding diaryl/α,β-unsaturated/α-hetero) is 1. The van der Waals surface area contributed by atoms with Crippen molar-refractivity contribution in [3.8, 4) is 16.9 Å². The number of nitrogens with one attached hydrogen (secondary N) is 1. The maximum atomic E-state index is 14.3. The molecule has 10 heteroatoms. The number of ketones is 1. The van der Waals surface area contributed by atoms with Gasteiger partial charge in [0.25, 0.3) is 0 Å². The fourth-order valence-electron chi connectivity index (χ4n) is 4.82. The number of phenols is 1. The smallest absolute Gasteiger partial charge is 0.171 e. The first kappa shape index (κ1) is 28.8. The van der Waals surface area contributed by atoms with Gasteiger partial charge in [0.2, 0.25) is 0 Å². The normalized spacial score (nSPS) is 14.8. The lowest BCUT2D eigenvalue weighted by atomic mass is 9.85. The zero-order chi connectivity index (χ0) is 27.2. The van der Waals surface area contributed by atoms with E-state index in [-0.39, 0.29) is 23.2 Å². The van der Waals surface area contributed by atoms with Crippen LogP contribution in [0.5, 0.6) is 5.75 Å². The van der Waals surface area contributed by atoms with Crippen molar-refractivity contribution in [2.75, 3.05) is 25.5 Å². The first-order valence-electron chi connectivity index (χ1n) is 12.7. The van der Waals surface area contributed by atoms with Gasteiger partial charge in [0, 0.05) is 23.2 Å². The van der Waals surface area contributed by atoms with Gasteiger partial charge in [0.15, 0.2) is 17.3 Å². The van der Waals surface area contributed by atoms with Crippen LogP contribution in [-0.4, -0.2) is 50.7 Å². The molecule has 1 aliphatic heterocycles. The van der Waals surface area contributed by atoms with E-state index in [1.54, 1.807) is 12.4 Å². The van der Waals surface area contributed by atoms with Crippen molar-refractivity contribution in [2.45, 2.75) is 39.7 Å². The fraction of sp³-hybridized carbons (Fsp3) is 0.345. The van der Waals surface area contributed by atoms with Crippen molar-refractivity contribution < 1.29 is 14.3 Å². The molecule has 0 spiro atoms. The van der Waals surface area contributed by atoms with Crippen molar-refractivity contribution in [3.05, 3.63) is 65.3 Å². The summed E-state index contributed by atoms with van der Waals surface area (Å²) in [6, 6.07) is 8.56. The number of hydrogen-bond donors (Lipinski definition) is 2. The molecule has 2 aromatic heterocycles. The predicted octanol–water partition coefficient (Wildman–Crippen LogP) is 7.26. The molecule has 0 bridgehead atoms. The Morgan fingerprint density at radius 1 is 1.13 bits per heavy atom. The highest BCUT2D eigenvalue weighted by Crippen LogP contribution is 2.38. The van der Waals surface area contributed by atoms with Crippen molar-refractivity contribution in [2.24, 2.45) is 5.41 Å². The second kappa shape index (κ2) is 11.1. The van der Waals surface area contributed by atoms with Crippen LogP contribution in [-0.2, 0) is 0 Å². The number of aromatic hydroxyl groups is 1. The highest BCUT2D eigenvalue weighted by Gasteiger charge is 2.27. The number of likely N-dealkylation sites (tertiary alicyclic amines) is 1. The predicted molar refractivity (Wildman–Crippen MR) is 156 cm³/mol. The summed E-state index contributed by atoms with van der Waals surface area (Å²) in [6.45, 7) is 7.67. The summed E-state index contributed by atoms with van der Waals surface area (Å²) in [5.74, 6) is -1.44. The lowest BCUT2D eigenvalue weighted by molar-refractivity contribution is 0.0859. The highest BCUT2D eigenvalue weighted by molar-refractivity contribution is 6.32. The zero-order valence-corrected chi connectivity index (χ0v) is 23.9. The van der Waals surface area contributed by atoms with Crippen molar-refractivity contribution in [3.63, 3.8) is 0 Å². The Hall–Kier alpha value is -3.20. The molecule has 4 aromatic rings. The molecule has 0 unspecified atom stereocenters. The molecule has 39 heavy (non-hydrogen) atoms. The van der Waals surface area contributed by atoms with E-state index < -0.39 is 17.0 Å². The first-order chi connectivity index (χ1) is 18.0. The molecule has 2 aromatic carbocycles. The van der Waals surface area contributed by atoms with Gasteiger partial charge in [0.05, 0.1) is 39.7 Å². The largest absolute Gasteiger partial charge is 0.504 e. The first-order valence-corrected chi connectivity index (χ1v) is 13.0. The number of piperidine rings is 1. The van der Waals surface area contributed by atoms with E-state index in [1.165, 1.54) is 12.1 Å². The number of carbonyl (C=O) groups excluding carboxylic acids is 1. The molecule has 0 amide bonds. The Kier molecular flexibility index (Phi) is 8.21. The monoisotopic (exact) mass is 571 g/mol. The van der Waals surface area contributed by atoms with Crippen LogP contribution >= 0.6 is 24.0 Å². The number of pyridine rings is 1. The van der Waals surface area contributed by atoms with Crippen LogP contribution in [0.1, 0.15) is 50.0 Å². The molecule has 1 saturated heterocycles. The van der Waals surface area contributed by atoms with E-state index in [9.17, 15) is 14.3 Å². The highest BCUT2D eigenvalue weighted by atomic mass is 35.5. The lowest BCUT2D eigenvalue weighted by Gasteiger charge is -2.28. The Bertz CT molecular complexity index is 1500. The molecular formula is C29H32Cl2FN5O2. The van der Waals surface area contributed by atoms with Crippen LogP contribution in [0.15, 0.2) is 48.9 Å².